The molecule has 0 aliphatic heterocycles. The molecule has 0 fully saturated rings. The first-order valence-corrected chi connectivity index (χ1v) is 9.78. The normalized spacial score (nSPS) is 10.4. The highest BCUT2D eigenvalue weighted by Crippen LogP contribution is 2.27. The lowest BCUT2D eigenvalue weighted by Gasteiger charge is -2.11. The number of carbonyl (C=O) groups is 3. The minimum atomic E-state index is -0.858. The number of ether oxygens (including phenoxy) is 2. The van der Waals surface area contributed by atoms with Crippen molar-refractivity contribution >= 4 is 41.2 Å². The summed E-state index contributed by atoms with van der Waals surface area (Å²) in [6.45, 7) is 2.06. The van der Waals surface area contributed by atoms with Crippen molar-refractivity contribution in [2.24, 2.45) is 5.10 Å². The Bertz CT molecular complexity index is 947. The van der Waals surface area contributed by atoms with E-state index in [1.807, 2.05) is 6.92 Å². The number of hydrogen-bond donors (Lipinski definition) is 3. The van der Waals surface area contributed by atoms with E-state index in [4.69, 9.17) is 21.1 Å². The second-order valence-corrected chi connectivity index (χ2v) is 6.65. The number of halogens is 1. The molecule has 2 aromatic rings. The van der Waals surface area contributed by atoms with Crippen molar-refractivity contribution < 1.29 is 23.9 Å². The minimum Gasteiger partial charge on any atom is -0.493 e. The van der Waals surface area contributed by atoms with Crippen LogP contribution in [0.25, 0.3) is 0 Å². The van der Waals surface area contributed by atoms with Crippen LogP contribution in [0, 0.1) is 0 Å². The van der Waals surface area contributed by atoms with Crippen molar-refractivity contribution in [3.8, 4) is 11.5 Å². The number of anilines is 1. The maximum absolute atomic E-state index is 12.1. The van der Waals surface area contributed by atoms with Gasteiger partial charge < -0.3 is 20.1 Å². The minimum absolute atomic E-state index is 0.227. The summed E-state index contributed by atoms with van der Waals surface area (Å²) in [6.07, 6.45) is 2.07. The fourth-order valence-corrected chi connectivity index (χ4v) is 2.42. The molecule has 2 rings (SSSR count). The number of amides is 3. The second-order valence-electron chi connectivity index (χ2n) is 6.21. The Kier molecular flexibility index (Phi) is 9.31. The smallest absolute Gasteiger partial charge is 0.329 e. The van der Waals surface area contributed by atoms with Gasteiger partial charge in [-0.2, -0.15) is 5.10 Å². The number of benzene rings is 2. The average Bonchev–Trinajstić information content (AvgIpc) is 2.77. The molecule has 0 unspecified atom stereocenters. The van der Waals surface area contributed by atoms with Crippen LogP contribution in [0.15, 0.2) is 47.6 Å². The molecule has 31 heavy (non-hydrogen) atoms. The molecule has 0 radical (unpaired) electrons. The summed E-state index contributed by atoms with van der Waals surface area (Å²) < 4.78 is 10.8. The van der Waals surface area contributed by atoms with E-state index >= 15 is 0 Å². The van der Waals surface area contributed by atoms with Crippen LogP contribution in [0.2, 0.25) is 5.02 Å². The van der Waals surface area contributed by atoms with Crippen molar-refractivity contribution in [2.45, 2.75) is 13.3 Å². The molecule has 10 heteroatoms. The quantitative estimate of drug-likeness (QED) is 0.310. The fourth-order valence-electron chi connectivity index (χ4n) is 2.29. The highest BCUT2D eigenvalue weighted by Gasteiger charge is 2.11. The van der Waals surface area contributed by atoms with Crippen LogP contribution in [0.4, 0.5) is 5.69 Å². The molecule has 0 heterocycles. The highest BCUT2D eigenvalue weighted by atomic mass is 35.5. The summed E-state index contributed by atoms with van der Waals surface area (Å²) in [4.78, 5) is 35.1. The molecule has 0 saturated heterocycles. The van der Waals surface area contributed by atoms with Crippen LogP contribution in [-0.2, 0) is 14.4 Å². The van der Waals surface area contributed by atoms with E-state index in [1.54, 1.807) is 42.5 Å². The third kappa shape index (κ3) is 7.98. The molecule has 3 N–H and O–H groups in total. The van der Waals surface area contributed by atoms with E-state index in [9.17, 15) is 14.4 Å². The van der Waals surface area contributed by atoms with Gasteiger partial charge in [0.2, 0.25) is 0 Å². The summed E-state index contributed by atoms with van der Waals surface area (Å²) in [6, 6.07) is 11.6. The van der Waals surface area contributed by atoms with E-state index in [1.165, 1.54) is 13.3 Å². The number of nitrogens with one attached hydrogen (secondary N) is 3. The van der Waals surface area contributed by atoms with Crippen molar-refractivity contribution in [3.63, 3.8) is 0 Å². The van der Waals surface area contributed by atoms with Gasteiger partial charge in [-0.15, -0.1) is 0 Å². The number of methoxy groups -OCH3 is 1. The monoisotopic (exact) mass is 446 g/mol. The van der Waals surface area contributed by atoms with Crippen LogP contribution in [0.3, 0.4) is 0 Å². The van der Waals surface area contributed by atoms with Gasteiger partial charge in [-0.1, -0.05) is 18.5 Å². The van der Waals surface area contributed by atoms with Crippen molar-refractivity contribution in [3.05, 3.63) is 53.1 Å². The van der Waals surface area contributed by atoms with Crippen LogP contribution in [0.1, 0.15) is 18.9 Å². The Balaban J connectivity index is 1.90. The molecule has 9 nitrogen and oxygen atoms in total. The molecular weight excluding hydrogens is 424 g/mol. The van der Waals surface area contributed by atoms with Gasteiger partial charge in [-0.05, 0) is 54.4 Å². The standard InChI is InChI=1S/C21H23ClN4O5/c1-3-10-23-20(28)21(29)26-24-12-14-4-9-17(18(11-14)30-2)31-13-19(27)25-16-7-5-15(22)6-8-16/h4-9,11-12H,3,10,13H2,1-2H3,(H,23,28)(H,25,27)(H,26,29)/b24-12-. The predicted molar refractivity (Wildman–Crippen MR) is 118 cm³/mol. The van der Waals surface area contributed by atoms with Gasteiger partial charge in [-0.3, -0.25) is 14.4 Å². The number of rotatable bonds is 9. The molecule has 164 valence electrons. The van der Waals surface area contributed by atoms with Gasteiger partial charge >= 0.3 is 11.8 Å². The lowest BCUT2D eigenvalue weighted by Crippen LogP contribution is -2.38. The number of hydrazone groups is 1. The van der Waals surface area contributed by atoms with Crippen molar-refractivity contribution in [1.29, 1.82) is 0 Å². The lowest BCUT2D eigenvalue weighted by molar-refractivity contribution is -0.139. The highest BCUT2D eigenvalue weighted by molar-refractivity contribution is 6.35. The van der Waals surface area contributed by atoms with E-state index < -0.39 is 11.8 Å². The first-order chi connectivity index (χ1) is 14.9. The third-order valence-corrected chi connectivity index (χ3v) is 4.05. The van der Waals surface area contributed by atoms with Crippen LogP contribution < -0.4 is 25.5 Å². The van der Waals surface area contributed by atoms with Crippen molar-refractivity contribution in [1.82, 2.24) is 10.7 Å². The Hall–Kier alpha value is -3.59. The molecule has 0 saturated carbocycles. The van der Waals surface area contributed by atoms with E-state index in [0.717, 1.165) is 6.42 Å². The maximum Gasteiger partial charge on any atom is 0.329 e. The topological polar surface area (TPSA) is 118 Å². The Morgan fingerprint density at radius 2 is 1.81 bits per heavy atom. The largest absolute Gasteiger partial charge is 0.493 e. The lowest BCUT2D eigenvalue weighted by atomic mass is 10.2. The van der Waals surface area contributed by atoms with Gasteiger partial charge in [0.15, 0.2) is 18.1 Å². The van der Waals surface area contributed by atoms with Gasteiger partial charge in [0, 0.05) is 17.3 Å². The molecule has 0 bridgehead atoms. The SMILES string of the molecule is CCCNC(=O)C(=O)N/N=C\c1ccc(OCC(=O)Nc2ccc(Cl)cc2)c(OC)c1. The zero-order valence-electron chi connectivity index (χ0n) is 17.1. The first-order valence-electron chi connectivity index (χ1n) is 9.40. The molecule has 0 aliphatic carbocycles. The number of carbonyl (C=O) groups excluding carboxylic acids is 3. The summed E-state index contributed by atoms with van der Waals surface area (Å²) in [5.74, 6) is -1.23. The summed E-state index contributed by atoms with van der Waals surface area (Å²) in [5, 5.41) is 9.46. The van der Waals surface area contributed by atoms with Gasteiger partial charge in [0.05, 0.1) is 13.3 Å². The average molecular weight is 447 g/mol. The molecular formula is C21H23ClN4O5. The maximum atomic E-state index is 12.1. The van der Waals surface area contributed by atoms with Gasteiger partial charge in [0.1, 0.15) is 0 Å². The van der Waals surface area contributed by atoms with Crippen LogP contribution >= 0.6 is 11.6 Å². The zero-order valence-corrected chi connectivity index (χ0v) is 17.9. The Morgan fingerprint density at radius 1 is 1.06 bits per heavy atom. The van der Waals surface area contributed by atoms with E-state index in [-0.39, 0.29) is 12.5 Å². The van der Waals surface area contributed by atoms with E-state index in [0.29, 0.717) is 34.3 Å². The molecule has 0 aromatic heterocycles. The third-order valence-electron chi connectivity index (χ3n) is 3.80. The Labute approximate surface area is 184 Å². The van der Waals surface area contributed by atoms with Gasteiger partial charge in [0.25, 0.3) is 5.91 Å². The zero-order chi connectivity index (χ0) is 22.6. The van der Waals surface area contributed by atoms with Crippen molar-refractivity contribution in [2.75, 3.05) is 25.6 Å². The molecule has 3 amide bonds. The van der Waals surface area contributed by atoms with E-state index in [2.05, 4.69) is 21.2 Å². The molecule has 2 aromatic carbocycles. The Morgan fingerprint density at radius 3 is 2.48 bits per heavy atom. The fraction of sp³-hybridized carbons (Fsp3) is 0.238. The first kappa shape index (κ1) is 23.7. The summed E-state index contributed by atoms with van der Waals surface area (Å²) >= 11 is 5.82. The summed E-state index contributed by atoms with van der Waals surface area (Å²) in [7, 11) is 1.46. The number of nitrogens with zero attached hydrogens (tertiary/aromatic N) is 1. The molecule has 0 atom stereocenters. The van der Waals surface area contributed by atoms with Crippen LogP contribution in [0.5, 0.6) is 11.5 Å². The van der Waals surface area contributed by atoms with Crippen LogP contribution in [-0.4, -0.2) is 44.2 Å². The second kappa shape index (κ2) is 12.2. The summed E-state index contributed by atoms with van der Waals surface area (Å²) in [5.41, 5.74) is 3.33. The van der Waals surface area contributed by atoms with Gasteiger partial charge in [-0.25, -0.2) is 5.43 Å². The predicted octanol–water partition coefficient (Wildman–Crippen LogP) is 2.34. The molecule has 0 spiro atoms. The number of hydrogen-bond acceptors (Lipinski definition) is 6. The molecule has 0 aliphatic rings.